The highest BCUT2D eigenvalue weighted by molar-refractivity contribution is 5.94. The van der Waals surface area contributed by atoms with Crippen LogP contribution < -0.4 is 9.47 Å². The van der Waals surface area contributed by atoms with Crippen molar-refractivity contribution in [1.29, 1.82) is 0 Å². The lowest BCUT2D eigenvalue weighted by Gasteiger charge is -2.31. The first kappa shape index (κ1) is 19.9. The highest BCUT2D eigenvalue weighted by atomic mass is 16.5. The fraction of sp³-hybridized carbons (Fsp3) is 0.364. The van der Waals surface area contributed by atoms with E-state index in [0.717, 1.165) is 29.8 Å². The summed E-state index contributed by atoms with van der Waals surface area (Å²) in [6.45, 7) is 3.09. The van der Waals surface area contributed by atoms with Gasteiger partial charge in [0.15, 0.2) is 0 Å². The van der Waals surface area contributed by atoms with E-state index in [1.807, 2.05) is 42.2 Å². The van der Waals surface area contributed by atoms with Crippen LogP contribution in [0.3, 0.4) is 0 Å². The zero-order valence-corrected chi connectivity index (χ0v) is 17.4. The van der Waals surface area contributed by atoms with Crippen LogP contribution in [0.25, 0.3) is 11.3 Å². The van der Waals surface area contributed by atoms with E-state index in [4.69, 9.17) is 9.47 Å². The van der Waals surface area contributed by atoms with E-state index in [0.29, 0.717) is 30.5 Å². The summed E-state index contributed by atoms with van der Waals surface area (Å²) in [5.74, 6) is 1.97. The molecule has 0 unspecified atom stereocenters. The largest absolute Gasteiger partial charge is 0.496 e. The van der Waals surface area contributed by atoms with Crippen molar-refractivity contribution in [3.63, 3.8) is 0 Å². The number of hydrogen-bond acceptors (Lipinski definition) is 6. The Morgan fingerprint density at radius 2 is 1.93 bits per heavy atom. The Labute approximate surface area is 175 Å². The molecule has 8 heteroatoms. The number of amides is 1. The molecule has 0 bridgehead atoms. The average Bonchev–Trinajstić information content (AvgIpc) is 3.15. The minimum Gasteiger partial charge on any atom is -0.496 e. The van der Waals surface area contributed by atoms with Crippen molar-refractivity contribution in [2.75, 3.05) is 20.2 Å². The van der Waals surface area contributed by atoms with Gasteiger partial charge in [0.25, 0.3) is 5.91 Å². The Morgan fingerprint density at radius 1 is 1.17 bits per heavy atom. The van der Waals surface area contributed by atoms with Gasteiger partial charge in [0.1, 0.15) is 23.4 Å². The van der Waals surface area contributed by atoms with E-state index >= 15 is 0 Å². The molecule has 0 saturated carbocycles. The zero-order chi connectivity index (χ0) is 21.1. The minimum absolute atomic E-state index is 0.0255. The number of methoxy groups -OCH3 is 1. The molecule has 0 atom stereocenters. The van der Waals surface area contributed by atoms with Crippen LogP contribution in [0.15, 0.2) is 42.6 Å². The van der Waals surface area contributed by atoms with Crippen molar-refractivity contribution in [3.05, 3.63) is 54.1 Å². The molecule has 0 aliphatic carbocycles. The molecule has 1 saturated heterocycles. The number of hydrogen-bond donors (Lipinski definition) is 0. The topological polar surface area (TPSA) is 82.4 Å². The zero-order valence-electron chi connectivity index (χ0n) is 17.4. The van der Waals surface area contributed by atoms with E-state index in [1.54, 1.807) is 31.1 Å². The summed E-state index contributed by atoms with van der Waals surface area (Å²) in [6.07, 6.45) is 3.25. The van der Waals surface area contributed by atoms with Gasteiger partial charge in [-0.3, -0.25) is 9.48 Å². The third-order valence-corrected chi connectivity index (χ3v) is 5.25. The van der Waals surface area contributed by atoms with Crippen LogP contribution in [0.4, 0.5) is 0 Å². The fourth-order valence-corrected chi connectivity index (χ4v) is 3.66. The van der Waals surface area contributed by atoms with Crippen LogP contribution in [-0.2, 0) is 7.05 Å². The maximum absolute atomic E-state index is 13.1. The maximum Gasteiger partial charge on any atom is 0.272 e. The van der Waals surface area contributed by atoms with Gasteiger partial charge in [-0.05, 0) is 25.1 Å². The summed E-state index contributed by atoms with van der Waals surface area (Å²) < 4.78 is 13.0. The number of likely N-dealkylation sites (tertiary alicyclic amines) is 1. The first-order valence-corrected chi connectivity index (χ1v) is 9.98. The number of aryl methyl sites for hydroxylation is 2. The van der Waals surface area contributed by atoms with Crippen molar-refractivity contribution in [2.45, 2.75) is 25.9 Å². The van der Waals surface area contributed by atoms with Crippen LogP contribution >= 0.6 is 0 Å². The van der Waals surface area contributed by atoms with Gasteiger partial charge in [-0.1, -0.05) is 12.1 Å². The summed E-state index contributed by atoms with van der Waals surface area (Å²) >= 11 is 0. The number of aromatic nitrogens is 4. The van der Waals surface area contributed by atoms with Gasteiger partial charge in [-0.25, -0.2) is 4.98 Å². The number of benzene rings is 1. The molecule has 1 fully saturated rings. The van der Waals surface area contributed by atoms with Gasteiger partial charge in [0.2, 0.25) is 5.88 Å². The molecule has 0 N–H and O–H groups in total. The number of piperidine rings is 1. The Bertz CT molecular complexity index is 1040. The number of ether oxygens (including phenoxy) is 2. The normalized spacial score (nSPS) is 14.6. The predicted molar refractivity (Wildman–Crippen MR) is 112 cm³/mol. The van der Waals surface area contributed by atoms with E-state index in [2.05, 4.69) is 15.1 Å². The molecule has 156 valence electrons. The summed E-state index contributed by atoms with van der Waals surface area (Å²) in [7, 11) is 3.42. The molecular weight excluding hydrogens is 382 g/mol. The summed E-state index contributed by atoms with van der Waals surface area (Å²) in [4.78, 5) is 23.3. The minimum atomic E-state index is -0.0255. The summed E-state index contributed by atoms with van der Waals surface area (Å²) in [5, 5.41) is 4.53. The molecule has 3 aromatic rings. The molecule has 4 rings (SSSR count). The average molecular weight is 407 g/mol. The summed E-state index contributed by atoms with van der Waals surface area (Å²) in [5.41, 5.74) is 2.14. The molecule has 1 aromatic carbocycles. The number of carbonyl (C=O) groups excluding carboxylic acids is 1. The van der Waals surface area contributed by atoms with E-state index < -0.39 is 0 Å². The number of carbonyl (C=O) groups is 1. The van der Waals surface area contributed by atoms with Crippen LogP contribution in [0, 0.1) is 6.92 Å². The number of nitrogens with zero attached hydrogens (tertiary/aromatic N) is 5. The molecule has 3 heterocycles. The second kappa shape index (κ2) is 8.52. The van der Waals surface area contributed by atoms with E-state index in [-0.39, 0.29) is 12.0 Å². The SMILES string of the molecule is COc1ccccc1-c1cc(C(=O)N2CCC(Oc3ccnc(C)n3)CC2)n(C)n1. The lowest BCUT2D eigenvalue weighted by Crippen LogP contribution is -2.42. The van der Waals surface area contributed by atoms with Gasteiger partial charge in [-0.15, -0.1) is 0 Å². The summed E-state index contributed by atoms with van der Waals surface area (Å²) in [6, 6.07) is 11.2. The quantitative estimate of drug-likeness (QED) is 0.647. The second-order valence-electron chi connectivity index (χ2n) is 7.29. The van der Waals surface area contributed by atoms with Crippen molar-refractivity contribution >= 4 is 5.91 Å². The van der Waals surface area contributed by atoms with Gasteiger partial charge in [0, 0.05) is 50.8 Å². The smallest absolute Gasteiger partial charge is 0.272 e. The second-order valence-corrected chi connectivity index (χ2v) is 7.29. The molecule has 1 amide bonds. The highest BCUT2D eigenvalue weighted by Crippen LogP contribution is 2.29. The maximum atomic E-state index is 13.1. The lowest BCUT2D eigenvalue weighted by atomic mass is 10.1. The Morgan fingerprint density at radius 3 is 2.67 bits per heavy atom. The molecule has 1 aliphatic rings. The van der Waals surface area contributed by atoms with Gasteiger partial charge in [0.05, 0.1) is 12.8 Å². The van der Waals surface area contributed by atoms with Crippen LogP contribution in [-0.4, -0.2) is 56.9 Å². The Kier molecular flexibility index (Phi) is 5.65. The molecule has 30 heavy (non-hydrogen) atoms. The van der Waals surface area contributed by atoms with Crippen molar-refractivity contribution in [2.24, 2.45) is 7.05 Å². The standard InChI is InChI=1S/C22H25N5O3/c1-15-23-11-8-21(24-15)30-16-9-12-27(13-10-16)22(28)19-14-18(25-26(19)2)17-6-4-5-7-20(17)29-3/h4-8,11,14,16H,9-10,12-13H2,1-3H3. The molecule has 2 aromatic heterocycles. The Balaban J connectivity index is 1.43. The lowest BCUT2D eigenvalue weighted by molar-refractivity contribution is 0.0577. The van der Waals surface area contributed by atoms with E-state index in [1.165, 1.54) is 0 Å². The molecular formula is C22H25N5O3. The Hall–Kier alpha value is -3.42. The first-order valence-electron chi connectivity index (χ1n) is 9.98. The third kappa shape index (κ3) is 4.12. The molecule has 0 radical (unpaired) electrons. The van der Waals surface area contributed by atoms with Crippen LogP contribution in [0.2, 0.25) is 0 Å². The van der Waals surface area contributed by atoms with Gasteiger partial charge in [-0.2, -0.15) is 10.1 Å². The number of rotatable bonds is 5. The monoisotopic (exact) mass is 407 g/mol. The number of para-hydroxylation sites is 1. The predicted octanol–water partition coefficient (Wildman–Crippen LogP) is 2.88. The molecule has 0 spiro atoms. The molecule has 1 aliphatic heterocycles. The van der Waals surface area contributed by atoms with Gasteiger partial charge < -0.3 is 14.4 Å². The fourth-order valence-electron chi connectivity index (χ4n) is 3.66. The van der Waals surface area contributed by atoms with Crippen molar-refractivity contribution in [1.82, 2.24) is 24.6 Å². The van der Waals surface area contributed by atoms with Crippen LogP contribution in [0.5, 0.6) is 11.6 Å². The van der Waals surface area contributed by atoms with E-state index in [9.17, 15) is 4.79 Å². The van der Waals surface area contributed by atoms with Crippen molar-refractivity contribution < 1.29 is 14.3 Å². The van der Waals surface area contributed by atoms with Crippen molar-refractivity contribution in [3.8, 4) is 22.9 Å². The highest BCUT2D eigenvalue weighted by Gasteiger charge is 2.27. The third-order valence-electron chi connectivity index (χ3n) is 5.25. The van der Waals surface area contributed by atoms with Crippen LogP contribution in [0.1, 0.15) is 29.2 Å². The first-order chi connectivity index (χ1) is 14.5. The van der Waals surface area contributed by atoms with Gasteiger partial charge >= 0.3 is 0 Å². The molecule has 8 nitrogen and oxygen atoms in total.